The molecular formula is C11H15N3O. The van der Waals surface area contributed by atoms with E-state index in [0.29, 0.717) is 12.2 Å². The van der Waals surface area contributed by atoms with Crippen LogP contribution in [0.25, 0.3) is 0 Å². The molecule has 1 unspecified atom stereocenters. The Hall–Kier alpha value is -1.29. The summed E-state index contributed by atoms with van der Waals surface area (Å²) in [5.74, 6) is 0.503. The van der Waals surface area contributed by atoms with Crippen molar-refractivity contribution in [2.24, 2.45) is 5.92 Å². The van der Waals surface area contributed by atoms with Gasteiger partial charge in [0.25, 0.3) is 0 Å². The third-order valence-corrected chi connectivity index (χ3v) is 2.85. The van der Waals surface area contributed by atoms with Gasteiger partial charge < -0.3 is 4.90 Å². The number of hydrogen-bond donors (Lipinski definition) is 0. The Bertz CT molecular complexity index is 339. The molecule has 80 valence electrons. The highest BCUT2D eigenvalue weighted by Gasteiger charge is 2.25. The van der Waals surface area contributed by atoms with Gasteiger partial charge in [-0.2, -0.15) is 0 Å². The summed E-state index contributed by atoms with van der Waals surface area (Å²) >= 11 is 0. The fourth-order valence-electron chi connectivity index (χ4n) is 1.94. The summed E-state index contributed by atoms with van der Waals surface area (Å²) in [4.78, 5) is 22.0. The van der Waals surface area contributed by atoms with E-state index in [-0.39, 0.29) is 5.92 Å². The van der Waals surface area contributed by atoms with E-state index >= 15 is 0 Å². The summed E-state index contributed by atoms with van der Waals surface area (Å²) in [5, 5.41) is 0. The van der Waals surface area contributed by atoms with E-state index in [1.807, 2.05) is 0 Å². The molecule has 1 fully saturated rings. The van der Waals surface area contributed by atoms with Gasteiger partial charge in [0.2, 0.25) is 0 Å². The number of carbonyl (C=O) groups is 1. The first-order chi connectivity index (χ1) is 7.25. The van der Waals surface area contributed by atoms with Gasteiger partial charge in [0.1, 0.15) is 12.1 Å². The van der Waals surface area contributed by atoms with Gasteiger partial charge in [0.05, 0.1) is 5.69 Å². The maximum atomic E-state index is 11.9. The molecule has 2 heterocycles. The van der Waals surface area contributed by atoms with Crippen molar-refractivity contribution < 1.29 is 4.79 Å². The largest absolute Gasteiger partial charge is 0.306 e. The average molecular weight is 205 g/mol. The molecule has 1 saturated heterocycles. The van der Waals surface area contributed by atoms with Crippen LogP contribution in [0.15, 0.2) is 18.6 Å². The van der Waals surface area contributed by atoms with Gasteiger partial charge in [-0.15, -0.1) is 0 Å². The summed E-state index contributed by atoms with van der Waals surface area (Å²) in [6.07, 6.45) is 4.60. The highest BCUT2D eigenvalue weighted by molar-refractivity contribution is 5.83. The third-order valence-electron chi connectivity index (χ3n) is 2.85. The topological polar surface area (TPSA) is 46.1 Å². The van der Waals surface area contributed by atoms with E-state index in [1.165, 1.54) is 6.33 Å². The maximum Gasteiger partial charge on any atom is 0.143 e. The lowest BCUT2D eigenvalue weighted by molar-refractivity contribution is -0.121. The van der Waals surface area contributed by atoms with Crippen molar-refractivity contribution in [1.82, 2.24) is 14.9 Å². The van der Waals surface area contributed by atoms with Crippen LogP contribution in [0.3, 0.4) is 0 Å². The normalized spacial score (nSPS) is 21.8. The van der Waals surface area contributed by atoms with E-state index in [1.54, 1.807) is 12.3 Å². The standard InChI is InChI=1S/C11H15N3O/c1-14-5-3-9(7-14)11(15)6-10-2-4-12-8-13-10/h2,4,8-9H,3,5-7H2,1H3. The Kier molecular flexibility index (Phi) is 3.06. The Labute approximate surface area is 89.3 Å². The minimum absolute atomic E-state index is 0.199. The molecule has 0 aromatic carbocycles. The zero-order valence-corrected chi connectivity index (χ0v) is 8.89. The molecule has 4 nitrogen and oxygen atoms in total. The van der Waals surface area contributed by atoms with Gasteiger partial charge >= 0.3 is 0 Å². The van der Waals surface area contributed by atoms with Crippen LogP contribution in [0.1, 0.15) is 12.1 Å². The molecule has 4 heteroatoms. The Morgan fingerprint density at radius 1 is 1.67 bits per heavy atom. The molecule has 0 bridgehead atoms. The molecule has 1 aliphatic heterocycles. The fraction of sp³-hybridized carbons (Fsp3) is 0.545. The van der Waals surface area contributed by atoms with Crippen LogP contribution in [0, 0.1) is 5.92 Å². The van der Waals surface area contributed by atoms with Gasteiger partial charge in [0.15, 0.2) is 0 Å². The molecule has 2 rings (SSSR count). The molecule has 0 aliphatic carbocycles. The monoisotopic (exact) mass is 205 g/mol. The van der Waals surface area contributed by atoms with Crippen LogP contribution in [0.2, 0.25) is 0 Å². The van der Waals surface area contributed by atoms with E-state index in [2.05, 4.69) is 21.9 Å². The lowest BCUT2D eigenvalue weighted by atomic mass is 9.99. The number of nitrogens with zero attached hydrogens (tertiary/aromatic N) is 3. The van der Waals surface area contributed by atoms with Gasteiger partial charge in [-0.25, -0.2) is 9.97 Å². The Balaban J connectivity index is 1.93. The fourth-order valence-corrected chi connectivity index (χ4v) is 1.94. The highest BCUT2D eigenvalue weighted by atomic mass is 16.1. The number of hydrogen-bond acceptors (Lipinski definition) is 4. The number of likely N-dealkylation sites (tertiary alicyclic amines) is 1. The summed E-state index contributed by atoms with van der Waals surface area (Å²) in [6, 6.07) is 1.80. The van der Waals surface area contributed by atoms with Crippen LogP contribution >= 0.6 is 0 Å². The van der Waals surface area contributed by atoms with E-state index in [4.69, 9.17) is 0 Å². The zero-order valence-electron chi connectivity index (χ0n) is 8.89. The first-order valence-electron chi connectivity index (χ1n) is 5.22. The molecule has 15 heavy (non-hydrogen) atoms. The number of ketones is 1. The van der Waals surface area contributed by atoms with Crippen LogP contribution < -0.4 is 0 Å². The van der Waals surface area contributed by atoms with Gasteiger partial charge in [-0.1, -0.05) is 0 Å². The lowest BCUT2D eigenvalue weighted by Gasteiger charge is -2.08. The molecule has 1 aromatic rings. The van der Waals surface area contributed by atoms with Gasteiger partial charge in [-0.05, 0) is 26.1 Å². The summed E-state index contributed by atoms with van der Waals surface area (Å²) in [6.45, 7) is 1.92. The van der Waals surface area contributed by atoms with Crippen LogP contribution in [0.5, 0.6) is 0 Å². The van der Waals surface area contributed by atoms with E-state index in [0.717, 1.165) is 25.2 Å². The molecule has 0 radical (unpaired) electrons. The van der Waals surface area contributed by atoms with E-state index < -0.39 is 0 Å². The quantitative estimate of drug-likeness (QED) is 0.722. The predicted octanol–water partition coefficient (Wildman–Crippen LogP) is 0.540. The molecule has 0 amide bonds. The first kappa shape index (κ1) is 10.2. The van der Waals surface area contributed by atoms with Crippen LogP contribution in [-0.2, 0) is 11.2 Å². The van der Waals surface area contributed by atoms with Gasteiger partial charge in [-0.3, -0.25) is 4.79 Å². The van der Waals surface area contributed by atoms with Crippen molar-refractivity contribution in [2.45, 2.75) is 12.8 Å². The SMILES string of the molecule is CN1CCC(C(=O)Cc2ccncn2)C1. The van der Waals surface area contributed by atoms with Crippen molar-refractivity contribution in [3.63, 3.8) is 0 Å². The Morgan fingerprint density at radius 3 is 3.13 bits per heavy atom. The lowest BCUT2D eigenvalue weighted by Crippen LogP contribution is -2.21. The first-order valence-corrected chi connectivity index (χ1v) is 5.22. The second-order valence-electron chi connectivity index (χ2n) is 4.09. The second-order valence-corrected chi connectivity index (χ2v) is 4.09. The molecule has 0 spiro atoms. The number of aromatic nitrogens is 2. The van der Waals surface area contributed by atoms with Crippen molar-refractivity contribution in [3.05, 3.63) is 24.3 Å². The van der Waals surface area contributed by atoms with Crippen molar-refractivity contribution in [3.8, 4) is 0 Å². The number of Topliss-reactive ketones (excluding diaryl/α,β-unsaturated/α-hetero) is 1. The van der Waals surface area contributed by atoms with Crippen molar-refractivity contribution in [2.75, 3.05) is 20.1 Å². The van der Waals surface area contributed by atoms with Crippen molar-refractivity contribution in [1.29, 1.82) is 0 Å². The van der Waals surface area contributed by atoms with Crippen molar-refractivity contribution >= 4 is 5.78 Å². The Morgan fingerprint density at radius 2 is 2.53 bits per heavy atom. The van der Waals surface area contributed by atoms with Crippen LogP contribution in [-0.4, -0.2) is 40.8 Å². The number of rotatable bonds is 3. The van der Waals surface area contributed by atoms with E-state index in [9.17, 15) is 4.79 Å². The maximum absolute atomic E-state index is 11.9. The predicted molar refractivity (Wildman–Crippen MR) is 56.3 cm³/mol. The highest BCUT2D eigenvalue weighted by Crippen LogP contribution is 2.16. The summed E-state index contributed by atoms with van der Waals surface area (Å²) < 4.78 is 0. The number of carbonyl (C=O) groups excluding carboxylic acids is 1. The average Bonchev–Trinajstić information content (AvgIpc) is 2.66. The molecule has 1 aliphatic rings. The smallest absolute Gasteiger partial charge is 0.143 e. The molecule has 1 aromatic heterocycles. The third kappa shape index (κ3) is 2.59. The molecule has 0 N–H and O–H groups in total. The second kappa shape index (κ2) is 4.49. The summed E-state index contributed by atoms with van der Waals surface area (Å²) in [5.41, 5.74) is 0.824. The molecule has 1 atom stereocenters. The molecular weight excluding hydrogens is 190 g/mol. The van der Waals surface area contributed by atoms with Crippen LogP contribution in [0.4, 0.5) is 0 Å². The molecule has 0 saturated carbocycles. The zero-order chi connectivity index (χ0) is 10.7. The minimum Gasteiger partial charge on any atom is -0.306 e. The minimum atomic E-state index is 0.199. The summed E-state index contributed by atoms with van der Waals surface area (Å²) in [7, 11) is 2.05. The van der Waals surface area contributed by atoms with Gasteiger partial charge in [0, 0.05) is 25.1 Å².